The number of unbranched alkanes of at least 4 members (excludes halogenated alkanes) is 2. The van der Waals surface area contributed by atoms with Gasteiger partial charge in [-0.15, -0.1) is 0 Å². The van der Waals surface area contributed by atoms with Crippen LogP contribution in [0.5, 0.6) is 0 Å². The minimum absolute atomic E-state index is 0.0236. The van der Waals surface area contributed by atoms with E-state index < -0.39 is 29.7 Å². The van der Waals surface area contributed by atoms with Gasteiger partial charge in [0, 0.05) is 27.3 Å². The summed E-state index contributed by atoms with van der Waals surface area (Å²) in [5.74, 6) is -2.59. The smallest absolute Gasteiger partial charge is 0.334 e. The van der Waals surface area contributed by atoms with Crippen molar-refractivity contribution in [2.45, 2.75) is 63.8 Å². The van der Waals surface area contributed by atoms with E-state index in [4.69, 9.17) is 52.2 Å². The molecule has 390 valence electrons. The number of hydroxylamine groups is 1. The Hall–Kier alpha value is -4.61. The highest BCUT2D eigenvalue weighted by Crippen LogP contribution is 2.11. The number of hydrogen-bond donors (Lipinski definition) is 4. The SMILES string of the molecule is COCCOCCOCCOCCOCC(=O)NCCCC[C@H](NC(=O)COCCOCCOCCOCCOC)C(=O)NCCC(=O)ONC(=O)Cc1ccc(CCCCc2ccccc2)cc1. The summed E-state index contributed by atoms with van der Waals surface area (Å²) in [5.41, 5.74) is 5.46. The van der Waals surface area contributed by atoms with Gasteiger partial charge in [0.25, 0.3) is 5.91 Å². The first kappa shape index (κ1) is 60.5. The van der Waals surface area contributed by atoms with Crippen LogP contribution in [-0.2, 0) is 95.4 Å². The normalized spacial score (nSPS) is 11.5. The van der Waals surface area contributed by atoms with Crippen molar-refractivity contribution < 1.29 is 76.2 Å². The van der Waals surface area contributed by atoms with E-state index in [0.717, 1.165) is 31.2 Å². The quantitative estimate of drug-likeness (QED) is 0.0550. The van der Waals surface area contributed by atoms with E-state index in [1.165, 1.54) is 11.1 Å². The fourth-order valence-electron chi connectivity index (χ4n) is 6.11. The molecule has 69 heavy (non-hydrogen) atoms. The van der Waals surface area contributed by atoms with E-state index in [2.05, 4.69) is 45.7 Å². The molecule has 0 aliphatic heterocycles. The van der Waals surface area contributed by atoms with Crippen LogP contribution in [0.25, 0.3) is 0 Å². The van der Waals surface area contributed by atoms with Crippen molar-refractivity contribution in [2.75, 3.05) is 146 Å². The number of amides is 4. The molecule has 2 aromatic carbocycles. The molecule has 0 saturated heterocycles. The third-order valence-electron chi connectivity index (χ3n) is 9.77. The van der Waals surface area contributed by atoms with Crippen LogP contribution in [0.4, 0.5) is 0 Å². The topological polar surface area (TPSA) is 235 Å². The van der Waals surface area contributed by atoms with Crippen molar-refractivity contribution in [2.24, 2.45) is 0 Å². The van der Waals surface area contributed by atoms with Crippen LogP contribution in [0.15, 0.2) is 54.6 Å². The first-order valence-corrected chi connectivity index (χ1v) is 23.8. The molecular weight excluding hydrogens is 901 g/mol. The second-order valence-corrected chi connectivity index (χ2v) is 15.5. The molecule has 0 radical (unpaired) electrons. The maximum atomic E-state index is 13.2. The molecule has 4 amide bonds. The molecule has 0 saturated carbocycles. The van der Waals surface area contributed by atoms with Crippen LogP contribution in [0.3, 0.4) is 0 Å². The van der Waals surface area contributed by atoms with E-state index in [-0.39, 0.29) is 64.7 Å². The molecular formula is C49H78N4O16. The summed E-state index contributed by atoms with van der Waals surface area (Å²) < 4.78 is 53.0. The highest BCUT2D eigenvalue weighted by Gasteiger charge is 2.21. The van der Waals surface area contributed by atoms with Gasteiger partial charge in [0.15, 0.2) is 0 Å². The molecule has 0 aromatic heterocycles. The Morgan fingerprint density at radius 2 is 0.928 bits per heavy atom. The Morgan fingerprint density at radius 3 is 1.45 bits per heavy atom. The third-order valence-corrected chi connectivity index (χ3v) is 9.77. The molecule has 1 atom stereocenters. The van der Waals surface area contributed by atoms with Crippen molar-refractivity contribution in [3.63, 3.8) is 0 Å². The molecule has 0 aliphatic rings. The number of rotatable bonds is 45. The van der Waals surface area contributed by atoms with Gasteiger partial charge in [-0.05, 0) is 61.6 Å². The van der Waals surface area contributed by atoms with E-state index in [1.54, 1.807) is 14.2 Å². The monoisotopic (exact) mass is 979 g/mol. The predicted molar refractivity (Wildman–Crippen MR) is 254 cm³/mol. The zero-order chi connectivity index (χ0) is 49.7. The number of hydrogen-bond acceptors (Lipinski definition) is 16. The minimum atomic E-state index is -0.956. The molecule has 0 unspecified atom stereocenters. The summed E-state index contributed by atoms with van der Waals surface area (Å²) in [4.78, 5) is 68.1. The highest BCUT2D eigenvalue weighted by molar-refractivity contribution is 5.88. The average Bonchev–Trinajstić information content (AvgIpc) is 3.35. The lowest BCUT2D eigenvalue weighted by Crippen LogP contribution is -2.48. The molecule has 20 nitrogen and oxygen atoms in total. The number of benzene rings is 2. The number of nitrogens with one attached hydrogen (secondary N) is 4. The number of aryl methyl sites for hydroxylation is 2. The van der Waals surface area contributed by atoms with E-state index >= 15 is 0 Å². The van der Waals surface area contributed by atoms with Crippen molar-refractivity contribution in [1.29, 1.82) is 0 Å². The van der Waals surface area contributed by atoms with Gasteiger partial charge in [-0.25, -0.2) is 4.79 Å². The summed E-state index contributed by atoms with van der Waals surface area (Å²) in [7, 11) is 3.22. The zero-order valence-corrected chi connectivity index (χ0v) is 40.8. The van der Waals surface area contributed by atoms with Crippen LogP contribution in [0.2, 0.25) is 0 Å². The average molecular weight is 979 g/mol. The van der Waals surface area contributed by atoms with Crippen molar-refractivity contribution in [3.8, 4) is 0 Å². The molecule has 0 bridgehead atoms. The number of carbonyl (C=O) groups excluding carboxylic acids is 5. The largest absolute Gasteiger partial charge is 0.382 e. The number of methoxy groups -OCH3 is 2. The van der Waals surface area contributed by atoms with Gasteiger partial charge in [-0.2, -0.15) is 5.48 Å². The molecule has 4 N–H and O–H groups in total. The van der Waals surface area contributed by atoms with Gasteiger partial charge in [-0.1, -0.05) is 54.6 Å². The highest BCUT2D eigenvalue weighted by atomic mass is 16.7. The maximum Gasteiger partial charge on any atom is 0.334 e. The molecule has 0 spiro atoms. The molecule has 2 rings (SSSR count). The van der Waals surface area contributed by atoms with E-state index in [9.17, 15) is 24.0 Å². The first-order valence-electron chi connectivity index (χ1n) is 23.8. The Balaban J connectivity index is 1.66. The standard InChI is InChI=1S/C49H78N4O16/c1-59-22-24-61-26-28-63-30-32-65-34-36-67-39-46(55)50-20-9-8-14-44(52-47(56)40-68-37-35-66-33-31-64-29-27-62-25-23-60-2)49(58)51-21-19-48(57)69-53-45(54)38-43-17-15-42(16-18-43)13-7-6-12-41-10-4-3-5-11-41/h3-5,10-11,15-18,44H,6-9,12-14,19-40H2,1-2H3,(H,50,55)(H,51,58)(H,52,56)(H,53,54)/t44-/m0/s1. The molecule has 20 heteroatoms. The molecule has 0 heterocycles. The lowest BCUT2D eigenvalue weighted by molar-refractivity contribution is -0.158. The number of carbonyl (C=O) groups is 5. The van der Waals surface area contributed by atoms with Gasteiger partial charge in [-0.3, -0.25) is 19.2 Å². The van der Waals surface area contributed by atoms with Crippen molar-refractivity contribution >= 4 is 29.6 Å². The first-order chi connectivity index (χ1) is 33.8. The van der Waals surface area contributed by atoms with Crippen molar-refractivity contribution in [3.05, 3.63) is 71.3 Å². The van der Waals surface area contributed by atoms with Gasteiger partial charge in [0.1, 0.15) is 19.3 Å². The fourth-order valence-corrected chi connectivity index (χ4v) is 6.11. The summed E-state index contributed by atoms with van der Waals surface area (Å²) in [6, 6.07) is 17.2. The maximum absolute atomic E-state index is 13.2. The van der Waals surface area contributed by atoms with Crippen LogP contribution >= 0.6 is 0 Å². The summed E-state index contributed by atoms with van der Waals surface area (Å²) in [6.45, 7) is 6.10. The lowest BCUT2D eigenvalue weighted by atomic mass is 10.0. The second-order valence-electron chi connectivity index (χ2n) is 15.5. The second kappa shape index (κ2) is 43.4. The van der Waals surface area contributed by atoms with Gasteiger partial charge in [0.05, 0.1) is 119 Å². The Labute approximate surface area is 407 Å². The molecule has 0 fully saturated rings. The summed E-state index contributed by atoms with van der Waals surface area (Å²) >= 11 is 0. The van der Waals surface area contributed by atoms with Crippen LogP contribution < -0.4 is 21.4 Å². The van der Waals surface area contributed by atoms with Crippen LogP contribution in [0, 0.1) is 0 Å². The summed E-state index contributed by atoms with van der Waals surface area (Å²) in [5, 5.41) is 8.10. The predicted octanol–water partition coefficient (Wildman–Crippen LogP) is 2.07. The van der Waals surface area contributed by atoms with Gasteiger partial charge < -0.3 is 68.2 Å². The summed E-state index contributed by atoms with van der Waals surface area (Å²) in [6.07, 6.45) is 5.13. The zero-order valence-electron chi connectivity index (χ0n) is 40.8. The van der Waals surface area contributed by atoms with E-state index in [0.29, 0.717) is 105 Å². The van der Waals surface area contributed by atoms with Crippen molar-refractivity contribution in [1.82, 2.24) is 21.4 Å². The van der Waals surface area contributed by atoms with Gasteiger partial charge >= 0.3 is 5.97 Å². The molecule has 0 aliphatic carbocycles. The Kier molecular flexibility index (Phi) is 38.1. The lowest BCUT2D eigenvalue weighted by Gasteiger charge is -2.18. The third kappa shape index (κ3) is 36.1. The van der Waals surface area contributed by atoms with E-state index in [1.807, 2.05) is 30.3 Å². The number of ether oxygens (including phenoxy) is 10. The minimum Gasteiger partial charge on any atom is -0.382 e. The van der Waals surface area contributed by atoms with Crippen LogP contribution in [-0.4, -0.2) is 182 Å². The Bertz CT molecular complexity index is 1610. The fraction of sp³-hybridized carbons (Fsp3) is 0.653. The molecule has 2 aromatic rings. The Morgan fingerprint density at radius 1 is 0.464 bits per heavy atom. The van der Waals surface area contributed by atoms with Crippen LogP contribution in [0.1, 0.15) is 55.2 Å². The van der Waals surface area contributed by atoms with Gasteiger partial charge in [0.2, 0.25) is 17.7 Å².